The number of nitrogens with one attached hydrogen (secondary N) is 2. The minimum Gasteiger partial charge on any atom is -0.434 e. The summed E-state index contributed by atoms with van der Waals surface area (Å²) in [6.45, 7) is -1.36. The van der Waals surface area contributed by atoms with E-state index in [4.69, 9.17) is 9.83 Å². The van der Waals surface area contributed by atoms with Gasteiger partial charge in [-0.3, -0.25) is 14.8 Å². The van der Waals surface area contributed by atoms with Gasteiger partial charge in [-0.15, -0.1) is 0 Å². The number of hydrogen-bond donors (Lipinski definition) is 2. The van der Waals surface area contributed by atoms with Crippen LogP contribution >= 0.6 is 0 Å². The van der Waals surface area contributed by atoms with Crippen LogP contribution in [0.1, 0.15) is 45.9 Å². The van der Waals surface area contributed by atoms with Crippen LogP contribution in [0.3, 0.4) is 0 Å². The molecule has 1 aromatic heterocycles. The maximum Gasteiger partial charge on any atom is 0.387 e. The summed E-state index contributed by atoms with van der Waals surface area (Å²) in [6, 6.07) is 12.5. The van der Waals surface area contributed by atoms with Gasteiger partial charge in [0.2, 0.25) is 0 Å². The molecule has 1 heterocycles. The summed E-state index contributed by atoms with van der Waals surface area (Å²) in [6.07, 6.45) is 4.73. The zero-order valence-electron chi connectivity index (χ0n) is 20.9. The SMILES string of the molecule is Cc1cc(C(NC(=O)c2cc(Cn3ccoc3=N)cc(-c3ccc(F)cc3OC(F)F)c2)C2CC2)ccc1F. The molecule has 4 aromatic rings. The van der Waals surface area contributed by atoms with Crippen molar-refractivity contribution in [3.63, 3.8) is 0 Å². The number of amides is 1. The van der Waals surface area contributed by atoms with Crippen molar-refractivity contribution in [1.82, 2.24) is 9.88 Å². The van der Waals surface area contributed by atoms with Gasteiger partial charge in [-0.1, -0.05) is 12.1 Å². The molecule has 3 aromatic carbocycles. The third-order valence-corrected chi connectivity index (χ3v) is 6.68. The molecule has 1 aliphatic rings. The Labute approximate surface area is 221 Å². The Bertz CT molecular complexity index is 1580. The summed E-state index contributed by atoms with van der Waals surface area (Å²) >= 11 is 0. The molecular weight excluding hydrogens is 514 g/mol. The zero-order valence-corrected chi connectivity index (χ0v) is 20.9. The minimum absolute atomic E-state index is 0.115. The van der Waals surface area contributed by atoms with Crippen molar-refractivity contribution in [1.29, 1.82) is 5.41 Å². The van der Waals surface area contributed by atoms with E-state index in [2.05, 4.69) is 10.1 Å². The number of nitrogens with zero attached hydrogens (tertiary/aromatic N) is 1. The number of hydrogen-bond acceptors (Lipinski definition) is 4. The highest BCUT2D eigenvalue weighted by Crippen LogP contribution is 2.41. The third kappa shape index (κ3) is 6.05. The average molecular weight is 540 g/mol. The van der Waals surface area contributed by atoms with Crippen LogP contribution in [0.15, 0.2) is 71.5 Å². The largest absolute Gasteiger partial charge is 0.434 e. The van der Waals surface area contributed by atoms with E-state index in [1.54, 1.807) is 37.4 Å². The second kappa shape index (κ2) is 10.8. The number of aromatic nitrogens is 1. The number of halogens is 4. The smallest absolute Gasteiger partial charge is 0.387 e. The quantitative estimate of drug-likeness (QED) is 0.244. The van der Waals surface area contributed by atoms with Gasteiger partial charge in [0.05, 0.1) is 12.6 Å². The van der Waals surface area contributed by atoms with Crippen molar-refractivity contribution in [2.45, 2.75) is 39.0 Å². The summed E-state index contributed by atoms with van der Waals surface area (Å²) in [4.78, 5) is 13.6. The number of ether oxygens (including phenoxy) is 1. The number of aryl methyl sites for hydroxylation is 1. The lowest BCUT2D eigenvalue weighted by atomic mass is 9.97. The number of carbonyl (C=O) groups is 1. The van der Waals surface area contributed by atoms with Crippen LogP contribution in [0.25, 0.3) is 11.1 Å². The first-order valence-electron chi connectivity index (χ1n) is 12.3. The molecule has 1 unspecified atom stereocenters. The van der Waals surface area contributed by atoms with Crippen molar-refractivity contribution in [2.24, 2.45) is 5.92 Å². The first-order chi connectivity index (χ1) is 18.7. The van der Waals surface area contributed by atoms with Crippen molar-refractivity contribution >= 4 is 5.91 Å². The maximum atomic E-state index is 13.9. The van der Waals surface area contributed by atoms with Crippen LogP contribution in [0.2, 0.25) is 0 Å². The predicted molar refractivity (Wildman–Crippen MR) is 134 cm³/mol. The minimum atomic E-state index is -3.18. The molecule has 202 valence electrons. The van der Waals surface area contributed by atoms with Gasteiger partial charge in [-0.05, 0) is 84.3 Å². The Hall–Kier alpha value is -4.34. The monoisotopic (exact) mass is 539 g/mol. The van der Waals surface area contributed by atoms with Crippen molar-refractivity contribution in [3.8, 4) is 16.9 Å². The maximum absolute atomic E-state index is 13.9. The van der Waals surface area contributed by atoms with Gasteiger partial charge >= 0.3 is 6.61 Å². The number of alkyl halides is 2. The predicted octanol–water partition coefficient (Wildman–Crippen LogP) is 6.34. The van der Waals surface area contributed by atoms with Gasteiger partial charge in [-0.2, -0.15) is 8.78 Å². The summed E-state index contributed by atoms with van der Waals surface area (Å²) < 4.78 is 65.1. The van der Waals surface area contributed by atoms with Gasteiger partial charge in [0.15, 0.2) is 0 Å². The Morgan fingerprint density at radius 1 is 1.13 bits per heavy atom. The summed E-state index contributed by atoms with van der Waals surface area (Å²) in [7, 11) is 0. The third-order valence-electron chi connectivity index (χ3n) is 6.68. The molecule has 1 saturated carbocycles. The molecule has 10 heteroatoms. The fourth-order valence-corrected chi connectivity index (χ4v) is 4.61. The van der Waals surface area contributed by atoms with Gasteiger partial charge in [0, 0.05) is 23.4 Å². The second-order valence-electron chi connectivity index (χ2n) is 9.57. The molecule has 0 saturated heterocycles. The number of benzene rings is 3. The molecule has 2 N–H and O–H groups in total. The molecular formula is C29H25F4N3O3. The number of oxazole rings is 1. The van der Waals surface area contributed by atoms with E-state index in [9.17, 15) is 22.4 Å². The van der Waals surface area contributed by atoms with E-state index < -0.39 is 18.3 Å². The molecule has 6 nitrogen and oxygen atoms in total. The van der Waals surface area contributed by atoms with Crippen LogP contribution in [0.5, 0.6) is 5.75 Å². The van der Waals surface area contributed by atoms with E-state index in [1.165, 1.54) is 29.0 Å². The fourth-order valence-electron chi connectivity index (χ4n) is 4.61. The molecule has 39 heavy (non-hydrogen) atoms. The highest BCUT2D eigenvalue weighted by Gasteiger charge is 2.34. The Morgan fingerprint density at radius 2 is 1.92 bits per heavy atom. The lowest BCUT2D eigenvalue weighted by Gasteiger charge is -2.20. The Balaban J connectivity index is 1.54. The lowest BCUT2D eigenvalue weighted by Crippen LogP contribution is -2.30. The topological polar surface area (TPSA) is 80.3 Å². The highest BCUT2D eigenvalue weighted by atomic mass is 19.3. The van der Waals surface area contributed by atoms with Crippen LogP contribution < -0.4 is 15.7 Å². The van der Waals surface area contributed by atoms with Crippen LogP contribution in [0.4, 0.5) is 17.6 Å². The van der Waals surface area contributed by atoms with E-state index in [0.717, 1.165) is 30.5 Å². The molecule has 5 rings (SSSR count). The van der Waals surface area contributed by atoms with Crippen LogP contribution in [0, 0.1) is 29.9 Å². The molecule has 1 aliphatic carbocycles. The first kappa shape index (κ1) is 26.3. The van der Waals surface area contributed by atoms with E-state index in [-0.39, 0.29) is 46.9 Å². The Morgan fingerprint density at radius 3 is 2.59 bits per heavy atom. The first-order valence-corrected chi connectivity index (χ1v) is 12.3. The van der Waals surface area contributed by atoms with Gasteiger partial charge in [0.1, 0.15) is 23.6 Å². The van der Waals surface area contributed by atoms with Crippen molar-refractivity contribution in [3.05, 3.63) is 107 Å². The van der Waals surface area contributed by atoms with Crippen molar-refractivity contribution < 1.29 is 31.5 Å². The van der Waals surface area contributed by atoms with E-state index >= 15 is 0 Å². The molecule has 1 amide bonds. The number of rotatable bonds is 9. The van der Waals surface area contributed by atoms with Crippen LogP contribution in [-0.4, -0.2) is 17.1 Å². The van der Waals surface area contributed by atoms with Gasteiger partial charge in [0.25, 0.3) is 11.6 Å². The molecule has 0 radical (unpaired) electrons. The van der Waals surface area contributed by atoms with Crippen LogP contribution in [-0.2, 0) is 6.54 Å². The molecule has 1 atom stereocenters. The molecule has 0 spiro atoms. The number of carbonyl (C=O) groups excluding carboxylic acids is 1. The zero-order chi connectivity index (χ0) is 27.7. The average Bonchev–Trinajstić information content (AvgIpc) is 3.65. The Kier molecular flexibility index (Phi) is 7.28. The standard InChI is InChI=1S/C29H25F4N3O3/c1-16-10-19(4-7-24(16)31)26(18-2-3-18)35-27(37)21-12-17(15-36-8-9-38-29(36)34)11-20(13-21)23-6-5-22(30)14-25(23)39-28(32)33/h4-14,18,26,28,34H,2-3,15H2,1H3,(H,35,37). The summed E-state index contributed by atoms with van der Waals surface area (Å²) in [5, 5.41) is 11.0. The van der Waals surface area contributed by atoms with E-state index in [0.29, 0.717) is 16.7 Å². The van der Waals surface area contributed by atoms with Gasteiger partial charge < -0.3 is 14.5 Å². The van der Waals surface area contributed by atoms with Crippen molar-refractivity contribution in [2.75, 3.05) is 0 Å². The molecule has 0 aliphatic heterocycles. The molecule has 1 fully saturated rings. The fraction of sp³-hybridized carbons (Fsp3) is 0.241. The molecule has 0 bridgehead atoms. The summed E-state index contributed by atoms with van der Waals surface area (Å²) in [5.74, 6) is -1.67. The normalized spacial score (nSPS) is 13.9. The lowest BCUT2D eigenvalue weighted by molar-refractivity contribution is -0.0496. The van der Waals surface area contributed by atoms with Gasteiger partial charge in [-0.25, -0.2) is 8.78 Å². The second-order valence-corrected chi connectivity index (χ2v) is 9.57. The summed E-state index contributed by atoms with van der Waals surface area (Å²) in [5.41, 5.74) is 2.48. The highest BCUT2D eigenvalue weighted by molar-refractivity contribution is 5.96. The van der Waals surface area contributed by atoms with E-state index in [1.807, 2.05) is 0 Å².